The molecule has 0 saturated heterocycles. The highest BCUT2D eigenvalue weighted by Crippen LogP contribution is 2.46. The third kappa shape index (κ3) is 4.69. The van der Waals surface area contributed by atoms with E-state index < -0.39 is 17.9 Å². The van der Waals surface area contributed by atoms with E-state index in [2.05, 4.69) is 11.4 Å². The quantitative estimate of drug-likeness (QED) is 0.471. The van der Waals surface area contributed by atoms with Crippen molar-refractivity contribution < 1.29 is 28.6 Å². The number of hydrogen-bond acceptors (Lipinski definition) is 8. The van der Waals surface area contributed by atoms with E-state index in [1.807, 2.05) is 18.4 Å². The van der Waals surface area contributed by atoms with Gasteiger partial charge in [-0.1, -0.05) is 18.2 Å². The molecule has 1 aliphatic carbocycles. The van der Waals surface area contributed by atoms with Gasteiger partial charge in [0.1, 0.15) is 6.61 Å². The lowest BCUT2D eigenvalue weighted by atomic mass is 9.72. The molecule has 0 radical (unpaired) electrons. The number of allylic oxidation sites excluding steroid dienone is 3. The minimum Gasteiger partial charge on any atom is -0.465 e. The number of hydrogen-bond donors (Lipinski definition) is 1. The first-order chi connectivity index (χ1) is 16.4. The van der Waals surface area contributed by atoms with E-state index in [9.17, 15) is 14.4 Å². The molecule has 2 unspecified atom stereocenters. The van der Waals surface area contributed by atoms with E-state index in [1.54, 1.807) is 35.6 Å². The van der Waals surface area contributed by atoms with Gasteiger partial charge in [-0.3, -0.25) is 4.79 Å². The van der Waals surface area contributed by atoms with Gasteiger partial charge in [0.15, 0.2) is 5.78 Å². The van der Waals surface area contributed by atoms with Crippen LogP contribution in [0.5, 0.6) is 0 Å². The maximum Gasteiger partial charge on any atom is 0.337 e. The molecule has 0 spiro atoms. The van der Waals surface area contributed by atoms with Crippen LogP contribution < -0.4 is 5.32 Å². The van der Waals surface area contributed by atoms with Gasteiger partial charge in [0.2, 0.25) is 0 Å². The number of esters is 2. The smallest absolute Gasteiger partial charge is 0.337 e. The molecule has 2 atom stereocenters. The van der Waals surface area contributed by atoms with Crippen molar-refractivity contribution in [2.24, 2.45) is 0 Å². The molecular weight excluding hydrogens is 454 g/mol. The summed E-state index contributed by atoms with van der Waals surface area (Å²) in [5.74, 6) is -1.43. The topological polar surface area (TPSA) is 90.9 Å². The number of dihydropyridines is 1. The Kier molecular flexibility index (Phi) is 7.29. The first kappa shape index (κ1) is 23.9. The largest absolute Gasteiger partial charge is 0.465 e. The van der Waals surface area contributed by atoms with Crippen LogP contribution in [0, 0.1) is 0 Å². The number of benzene rings is 1. The predicted octanol–water partition coefficient (Wildman–Crippen LogP) is 4.09. The number of carbonyl (C=O) groups excluding carboxylic acids is 3. The molecule has 0 fully saturated rings. The van der Waals surface area contributed by atoms with Gasteiger partial charge in [-0.25, -0.2) is 9.59 Å². The number of Topliss-reactive ketones (excluding diaryl/α,β-unsaturated/α-hetero) is 1. The third-order valence-electron chi connectivity index (χ3n) is 6.18. The van der Waals surface area contributed by atoms with Gasteiger partial charge in [-0.2, -0.15) is 0 Å². The number of ether oxygens (including phenoxy) is 3. The molecule has 0 saturated carbocycles. The van der Waals surface area contributed by atoms with Crippen molar-refractivity contribution in [1.29, 1.82) is 0 Å². The van der Waals surface area contributed by atoms with Crippen LogP contribution in [-0.4, -0.2) is 45.2 Å². The van der Waals surface area contributed by atoms with Crippen LogP contribution in [0.4, 0.5) is 0 Å². The fraction of sp³-hybridized carbons (Fsp3) is 0.346. The summed E-state index contributed by atoms with van der Waals surface area (Å²) in [5.41, 5.74) is 3.60. The summed E-state index contributed by atoms with van der Waals surface area (Å²) in [6.07, 6.45) is 1.06. The zero-order valence-corrected chi connectivity index (χ0v) is 20.2. The van der Waals surface area contributed by atoms with Crippen LogP contribution in [-0.2, 0) is 23.8 Å². The summed E-state index contributed by atoms with van der Waals surface area (Å²) in [5, 5.41) is 5.35. The van der Waals surface area contributed by atoms with Crippen LogP contribution >= 0.6 is 11.3 Å². The average molecular weight is 482 g/mol. The van der Waals surface area contributed by atoms with Crippen molar-refractivity contribution in [3.8, 4) is 0 Å². The van der Waals surface area contributed by atoms with Gasteiger partial charge in [0.05, 0.1) is 24.9 Å². The number of thiophene rings is 1. The molecule has 2 heterocycles. The van der Waals surface area contributed by atoms with Gasteiger partial charge >= 0.3 is 11.9 Å². The highest BCUT2D eigenvalue weighted by atomic mass is 32.1. The molecule has 2 aliphatic rings. The zero-order valence-electron chi connectivity index (χ0n) is 19.4. The van der Waals surface area contributed by atoms with Crippen LogP contribution in [0.25, 0.3) is 0 Å². The first-order valence-electron chi connectivity index (χ1n) is 11.1. The maximum atomic E-state index is 13.5. The average Bonchev–Trinajstić information content (AvgIpc) is 3.38. The molecule has 2 aromatic rings. The number of carbonyl (C=O) groups is 3. The lowest BCUT2D eigenvalue weighted by molar-refractivity contribution is -0.140. The third-order valence-corrected chi connectivity index (χ3v) is 7.21. The van der Waals surface area contributed by atoms with Crippen molar-refractivity contribution in [3.05, 3.63) is 80.3 Å². The molecule has 34 heavy (non-hydrogen) atoms. The van der Waals surface area contributed by atoms with Gasteiger partial charge < -0.3 is 19.5 Å². The van der Waals surface area contributed by atoms with E-state index in [1.165, 1.54) is 19.1 Å². The van der Waals surface area contributed by atoms with Crippen molar-refractivity contribution in [1.82, 2.24) is 5.32 Å². The summed E-state index contributed by atoms with van der Waals surface area (Å²) in [4.78, 5) is 39.7. The highest BCUT2D eigenvalue weighted by molar-refractivity contribution is 7.10. The van der Waals surface area contributed by atoms with Crippen molar-refractivity contribution in [2.45, 2.75) is 31.6 Å². The van der Waals surface area contributed by atoms with E-state index in [0.29, 0.717) is 35.2 Å². The Hall–Kier alpha value is -3.23. The second kappa shape index (κ2) is 10.4. The highest BCUT2D eigenvalue weighted by Gasteiger charge is 2.41. The second-order valence-corrected chi connectivity index (χ2v) is 9.25. The zero-order chi connectivity index (χ0) is 24.2. The van der Waals surface area contributed by atoms with Crippen molar-refractivity contribution in [3.63, 3.8) is 0 Å². The molecule has 0 amide bonds. The molecular formula is C26H27NO6S. The van der Waals surface area contributed by atoms with E-state index in [4.69, 9.17) is 14.2 Å². The number of methoxy groups -OCH3 is 2. The van der Waals surface area contributed by atoms with Crippen LogP contribution in [0.2, 0.25) is 0 Å². The molecule has 0 bridgehead atoms. The lowest BCUT2D eigenvalue weighted by Gasteiger charge is -2.36. The van der Waals surface area contributed by atoms with Crippen LogP contribution in [0.15, 0.2) is 64.3 Å². The van der Waals surface area contributed by atoms with Crippen LogP contribution in [0.1, 0.15) is 52.4 Å². The normalized spacial score (nSPS) is 20.0. The van der Waals surface area contributed by atoms with Gasteiger partial charge in [-0.15, -0.1) is 11.3 Å². The van der Waals surface area contributed by atoms with E-state index in [-0.39, 0.29) is 24.9 Å². The SMILES string of the molecule is COCCOC(=O)C1=C(C)NC2=C(C(=O)CC(c3cccs3)C2)C1c1ccc(C(=O)OC)cc1. The molecule has 8 heteroatoms. The summed E-state index contributed by atoms with van der Waals surface area (Å²) >= 11 is 1.65. The van der Waals surface area contributed by atoms with E-state index in [0.717, 1.165) is 11.3 Å². The second-order valence-electron chi connectivity index (χ2n) is 8.27. The summed E-state index contributed by atoms with van der Waals surface area (Å²) in [6, 6.07) is 10.9. The van der Waals surface area contributed by atoms with E-state index >= 15 is 0 Å². The predicted molar refractivity (Wildman–Crippen MR) is 128 cm³/mol. The van der Waals surface area contributed by atoms with Crippen LogP contribution in [0.3, 0.4) is 0 Å². The van der Waals surface area contributed by atoms with Gasteiger partial charge in [-0.05, 0) is 42.5 Å². The fourth-order valence-corrected chi connectivity index (χ4v) is 5.42. The molecule has 7 nitrogen and oxygen atoms in total. The number of ketones is 1. The van der Waals surface area contributed by atoms with Gasteiger partial charge in [0.25, 0.3) is 0 Å². The minimum atomic E-state index is -0.588. The first-order valence-corrected chi connectivity index (χ1v) is 11.9. The number of rotatable bonds is 7. The monoisotopic (exact) mass is 481 g/mol. The summed E-state index contributed by atoms with van der Waals surface area (Å²) in [6.45, 7) is 2.21. The van der Waals surface area contributed by atoms with Gasteiger partial charge in [0, 0.05) is 47.2 Å². The fourth-order valence-electron chi connectivity index (χ4n) is 4.59. The Morgan fingerprint density at radius 3 is 2.47 bits per heavy atom. The molecule has 4 rings (SSSR count). The summed E-state index contributed by atoms with van der Waals surface area (Å²) in [7, 11) is 2.86. The Bertz CT molecular complexity index is 1150. The minimum absolute atomic E-state index is 0.00360. The Morgan fingerprint density at radius 2 is 1.82 bits per heavy atom. The maximum absolute atomic E-state index is 13.5. The van der Waals surface area contributed by atoms with Crippen molar-refractivity contribution in [2.75, 3.05) is 27.4 Å². The molecule has 1 N–H and O–H groups in total. The Morgan fingerprint density at radius 1 is 1.06 bits per heavy atom. The Labute approximate surface area is 202 Å². The Balaban J connectivity index is 1.75. The molecule has 1 aliphatic heterocycles. The molecule has 1 aromatic heterocycles. The summed E-state index contributed by atoms with van der Waals surface area (Å²) < 4.78 is 15.2. The lowest BCUT2D eigenvalue weighted by Crippen LogP contribution is -2.36. The van der Waals surface area contributed by atoms with Crippen molar-refractivity contribution >= 4 is 29.1 Å². The standard InChI is InChI=1S/C26H27NO6S/c1-15-22(26(30)33-11-10-31-2)23(16-6-8-17(9-7-16)25(29)32-3)24-19(27-15)13-18(14-20(24)28)21-5-4-12-34-21/h4-9,12,18,23,27H,10-11,13-14H2,1-3H3. The number of nitrogens with one attached hydrogen (secondary N) is 1. The molecule has 178 valence electrons. The molecule has 1 aromatic carbocycles.